The number of hydrogen-bond acceptors (Lipinski definition) is 6. The van der Waals surface area contributed by atoms with Gasteiger partial charge in [0.15, 0.2) is 0 Å². The van der Waals surface area contributed by atoms with Crippen LogP contribution in [-0.4, -0.2) is 35.0 Å². The molecule has 0 heterocycles. The van der Waals surface area contributed by atoms with Crippen molar-refractivity contribution in [2.24, 2.45) is 0 Å². The molecule has 0 aliphatic heterocycles. The van der Waals surface area contributed by atoms with Crippen LogP contribution in [-0.2, 0) is 20.1 Å². The van der Waals surface area contributed by atoms with Crippen LogP contribution < -0.4 is 15.2 Å². The molecule has 0 aliphatic carbocycles. The quantitative estimate of drug-likeness (QED) is 0.507. The van der Waals surface area contributed by atoms with Gasteiger partial charge in [-0.15, -0.1) is 0 Å². The molecule has 10 heteroatoms. The van der Waals surface area contributed by atoms with Crippen LogP contribution in [0.5, 0.6) is 5.75 Å². The van der Waals surface area contributed by atoms with Crippen molar-refractivity contribution in [2.75, 3.05) is 19.4 Å². The Bertz CT molecular complexity index is 681. The van der Waals surface area contributed by atoms with Crippen molar-refractivity contribution in [1.29, 1.82) is 0 Å². The zero-order valence-corrected chi connectivity index (χ0v) is 11.9. The summed E-state index contributed by atoms with van der Waals surface area (Å²) in [6.45, 7) is 1.67. The van der Waals surface area contributed by atoms with Gasteiger partial charge in [-0.05, 0) is 6.07 Å². The van der Waals surface area contributed by atoms with Crippen LogP contribution in [0.3, 0.4) is 0 Å². The maximum absolute atomic E-state index is 11.9. The Kier molecular flexibility index (Phi) is 4.40. The highest BCUT2D eigenvalue weighted by atomic mass is 32.2. The van der Waals surface area contributed by atoms with Crippen molar-refractivity contribution in [1.82, 2.24) is 4.72 Å². The predicted octanol–water partition coefficient (Wildman–Crippen LogP) is -0.178. The molecule has 0 aromatic heterocycles. The highest BCUT2D eigenvalue weighted by Gasteiger charge is 2.24. The highest BCUT2D eigenvalue weighted by molar-refractivity contribution is 7.89. The fourth-order valence-corrected chi connectivity index (χ4v) is 3.33. The van der Waals surface area contributed by atoms with E-state index in [1.807, 2.05) is 0 Å². The van der Waals surface area contributed by atoms with Gasteiger partial charge in [0, 0.05) is 12.6 Å². The number of nitrogens with two attached hydrogens (primary N) is 1. The van der Waals surface area contributed by atoms with Gasteiger partial charge in [0.25, 0.3) is 10.1 Å². The standard InChI is InChI=1S/C9H14N2O6S2/c1-3-11-18(12,13)9-5-8(19(14,15)16)6(10)4-7(9)17-2/h4-5,11H,3,10H2,1-2H3,(H,14,15,16). The lowest BCUT2D eigenvalue weighted by Gasteiger charge is -2.12. The Balaban J connectivity index is 3.64. The van der Waals surface area contributed by atoms with E-state index in [-0.39, 0.29) is 18.0 Å². The van der Waals surface area contributed by atoms with Gasteiger partial charge in [0.05, 0.1) is 12.8 Å². The topological polar surface area (TPSA) is 136 Å². The van der Waals surface area contributed by atoms with Crippen molar-refractivity contribution >= 4 is 25.8 Å². The Morgan fingerprint density at radius 1 is 1.26 bits per heavy atom. The molecule has 8 nitrogen and oxygen atoms in total. The maximum atomic E-state index is 11.9. The summed E-state index contributed by atoms with van der Waals surface area (Å²) in [5, 5.41) is 0. The third kappa shape index (κ3) is 3.35. The van der Waals surface area contributed by atoms with Crippen molar-refractivity contribution in [2.45, 2.75) is 16.7 Å². The Morgan fingerprint density at radius 2 is 1.84 bits per heavy atom. The Labute approximate surface area is 111 Å². The number of benzene rings is 1. The molecule has 4 N–H and O–H groups in total. The lowest BCUT2D eigenvalue weighted by atomic mass is 10.3. The largest absolute Gasteiger partial charge is 0.495 e. The summed E-state index contributed by atoms with van der Waals surface area (Å²) in [5.41, 5.74) is 5.12. The fourth-order valence-electron chi connectivity index (χ4n) is 1.42. The van der Waals surface area contributed by atoms with Crippen molar-refractivity contribution in [3.05, 3.63) is 12.1 Å². The minimum absolute atomic E-state index is 0.108. The minimum atomic E-state index is -4.63. The third-order valence-corrected chi connectivity index (χ3v) is 4.67. The van der Waals surface area contributed by atoms with Crippen LogP contribution in [0.15, 0.2) is 21.9 Å². The van der Waals surface area contributed by atoms with Gasteiger partial charge in [-0.2, -0.15) is 8.42 Å². The highest BCUT2D eigenvalue weighted by Crippen LogP contribution is 2.31. The number of sulfonamides is 1. The molecular weight excluding hydrogens is 296 g/mol. The van der Waals surface area contributed by atoms with Gasteiger partial charge in [-0.3, -0.25) is 4.55 Å². The molecule has 0 spiro atoms. The van der Waals surface area contributed by atoms with Crippen LogP contribution in [0.2, 0.25) is 0 Å². The molecule has 0 aliphatic rings. The van der Waals surface area contributed by atoms with E-state index in [1.54, 1.807) is 6.92 Å². The number of nitrogen functional groups attached to an aromatic ring is 1. The van der Waals surface area contributed by atoms with Gasteiger partial charge in [-0.25, -0.2) is 13.1 Å². The molecule has 0 fully saturated rings. The summed E-state index contributed by atoms with van der Waals surface area (Å²) in [7, 11) is -7.37. The van der Waals surface area contributed by atoms with Crippen LogP contribution in [0.4, 0.5) is 5.69 Å². The smallest absolute Gasteiger partial charge is 0.296 e. The van der Waals surface area contributed by atoms with Crippen molar-refractivity contribution < 1.29 is 26.1 Å². The summed E-state index contributed by atoms with van der Waals surface area (Å²) < 4.78 is 62.0. The molecule has 0 amide bonds. The molecule has 0 bridgehead atoms. The fraction of sp³-hybridized carbons (Fsp3) is 0.333. The van der Waals surface area contributed by atoms with E-state index >= 15 is 0 Å². The summed E-state index contributed by atoms with van der Waals surface area (Å²) in [6.07, 6.45) is 0. The molecule has 19 heavy (non-hydrogen) atoms. The monoisotopic (exact) mass is 310 g/mol. The average Bonchev–Trinajstić information content (AvgIpc) is 2.26. The minimum Gasteiger partial charge on any atom is -0.495 e. The lowest BCUT2D eigenvalue weighted by Crippen LogP contribution is -2.24. The van der Waals surface area contributed by atoms with Gasteiger partial charge in [-0.1, -0.05) is 6.92 Å². The number of methoxy groups -OCH3 is 1. The molecule has 1 aromatic carbocycles. The summed E-state index contributed by atoms with van der Waals surface area (Å²) in [5.74, 6) is -0.120. The second-order valence-corrected chi connectivity index (χ2v) is 6.64. The van der Waals surface area contributed by atoms with E-state index < -0.39 is 29.9 Å². The molecule has 0 saturated carbocycles. The van der Waals surface area contributed by atoms with Crippen LogP contribution >= 0.6 is 0 Å². The van der Waals surface area contributed by atoms with Gasteiger partial charge >= 0.3 is 0 Å². The van der Waals surface area contributed by atoms with Crippen molar-refractivity contribution in [3.63, 3.8) is 0 Å². The molecular formula is C9H14N2O6S2. The van der Waals surface area contributed by atoms with E-state index in [9.17, 15) is 16.8 Å². The third-order valence-electron chi connectivity index (χ3n) is 2.20. The first-order chi connectivity index (χ1) is 8.63. The van der Waals surface area contributed by atoms with Crippen LogP contribution in [0, 0.1) is 0 Å². The van der Waals surface area contributed by atoms with Crippen molar-refractivity contribution in [3.8, 4) is 5.75 Å². The lowest BCUT2D eigenvalue weighted by molar-refractivity contribution is 0.402. The molecule has 0 radical (unpaired) electrons. The van der Waals surface area contributed by atoms with E-state index in [2.05, 4.69) is 4.72 Å². The van der Waals surface area contributed by atoms with E-state index in [1.165, 1.54) is 7.11 Å². The first-order valence-electron chi connectivity index (χ1n) is 5.08. The van der Waals surface area contributed by atoms with E-state index in [0.717, 1.165) is 12.1 Å². The first kappa shape index (κ1) is 15.7. The second-order valence-electron chi connectivity index (χ2n) is 3.52. The molecule has 108 valence electrons. The summed E-state index contributed by atoms with van der Waals surface area (Å²) in [6, 6.07) is 1.77. The number of hydrogen-bond donors (Lipinski definition) is 3. The SMILES string of the molecule is CCNS(=O)(=O)c1cc(S(=O)(=O)O)c(N)cc1OC. The average molecular weight is 310 g/mol. The van der Waals surface area contributed by atoms with E-state index in [4.69, 9.17) is 15.0 Å². The maximum Gasteiger partial charge on any atom is 0.296 e. The molecule has 0 atom stereocenters. The number of ether oxygens (including phenoxy) is 1. The molecule has 1 aromatic rings. The molecule has 0 saturated heterocycles. The zero-order valence-electron chi connectivity index (χ0n) is 10.2. The second kappa shape index (κ2) is 5.33. The summed E-state index contributed by atoms with van der Waals surface area (Å²) >= 11 is 0. The Morgan fingerprint density at radius 3 is 2.26 bits per heavy atom. The van der Waals surface area contributed by atoms with Gasteiger partial charge in [0.2, 0.25) is 10.0 Å². The summed E-state index contributed by atoms with van der Waals surface area (Å²) in [4.78, 5) is -1.11. The normalized spacial score (nSPS) is 12.4. The van der Waals surface area contributed by atoms with Gasteiger partial charge in [0.1, 0.15) is 15.5 Å². The van der Waals surface area contributed by atoms with Crippen LogP contribution in [0.1, 0.15) is 6.92 Å². The van der Waals surface area contributed by atoms with Gasteiger partial charge < -0.3 is 10.5 Å². The predicted molar refractivity (Wildman–Crippen MR) is 68.1 cm³/mol. The molecule has 1 rings (SSSR count). The van der Waals surface area contributed by atoms with Crippen LogP contribution in [0.25, 0.3) is 0 Å². The Hall–Kier alpha value is -1.36. The number of nitrogens with one attached hydrogen (secondary N) is 1. The number of rotatable bonds is 5. The zero-order chi connectivity index (χ0) is 14.8. The molecule has 0 unspecified atom stereocenters. The number of anilines is 1. The first-order valence-corrected chi connectivity index (χ1v) is 8.00. The van der Waals surface area contributed by atoms with E-state index in [0.29, 0.717) is 0 Å².